The van der Waals surface area contributed by atoms with Gasteiger partial charge >= 0.3 is 0 Å². The molecule has 0 aromatic heterocycles. The summed E-state index contributed by atoms with van der Waals surface area (Å²) < 4.78 is 43.3. The molecular weight excluding hydrogens is 530 g/mol. The predicted molar refractivity (Wildman–Crippen MR) is 142 cm³/mol. The molecular formula is C29H29ClF2N2O5. The molecule has 39 heavy (non-hydrogen) atoms. The van der Waals surface area contributed by atoms with E-state index in [2.05, 4.69) is 5.32 Å². The number of ether oxygens (including phenoxy) is 2. The van der Waals surface area contributed by atoms with Gasteiger partial charge in [-0.1, -0.05) is 41.9 Å². The number of primary amides is 1. The van der Waals surface area contributed by atoms with E-state index in [0.717, 1.165) is 11.6 Å². The lowest BCUT2D eigenvalue weighted by Crippen LogP contribution is -2.49. The van der Waals surface area contributed by atoms with Crippen LogP contribution in [0.1, 0.15) is 41.8 Å². The number of fused-ring (bicyclic) bond motifs is 1. The number of nitrogens with one attached hydrogen (secondary N) is 1. The summed E-state index contributed by atoms with van der Waals surface area (Å²) in [5.41, 5.74) is 4.06. The highest BCUT2D eigenvalue weighted by Crippen LogP contribution is 2.53. The summed E-state index contributed by atoms with van der Waals surface area (Å²) in [7, 11) is 0. The minimum absolute atomic E-state index is 0.0666. The van der Waals surface area contributed by atoms with Gasteiger partial charge in [0.2, 0.25) is 5.91 Å². The number of β-amino-alcohol motifs (C(OH)–C–C–N with tert-alkyl or cyclic N) is 1. The van der Waals surface area contributed by atoms with Gasteiger partial charge in [-0.3, -0.25) is 4.79 Å². The standard InChI is InChI=1S/C29H29ClF2N2O5/c1-15(35)13-38-20-9-8-17(27(33)36)24(26(20)32)23-18-11-29(16-6-4-3-5-7-16,22-12-28(2,37)14-34-22)39-21(18)10-19(31)25(23)30/h3-10,15,22,34-35,37H,11-14H2,1-2H3,(H2,33,36)/t15?,22?,28-,29-/m0/s1. The second-order valence-electron chi connectivity index (χ2n) is 10.5. The zero-order valence-electron chi connectivity index (χ0n) is 21.4. The van der Waals surface area contributed by atoms with Crippen molar-refractivity contribution in [3.05, 3.63) is 81.9 Å². The predicted octanol–water partition coefficient (Wildman–Crippen LogP) is 4.09. The van der Waals surface area contributed by atoms with Crippen LogP contribution in [-0.4, -0.2) is 47.0 Å². The van der Waals surface area contributed by atoms with Gasteiger partial charge in [-0.15, -0.1) is 0 Å². The van der Waals surface area contributed by atoms with Crippen molar-refractivity contribution in [3.8, 4) is 22.6 Å². The molecule has 10 heteroatoms. The Morgan fingerprint density at radius 1 is 1.26 bits per heavy atom. The minimum atomic E-state index is -1.10. The van der Waals surface area contributed by atoms with Crippen LogP contribution in [0.2, 0.25) is 5.02 Å². The molecule has 2 aliphatic rings. The number of rotatable bonds is 7. The maximum absolute atomic E-state index is 16.0. The van der Waals surface area contributed by atoms with Gasteiger partial charge in [-0.05, 0) is 38.0 Å². The second-order valence-corrected chi connectivity index (χ2v) is 10.9. The lowest BCUT2D eigenvalue weighted by Gasteiger charge is -2.36. The average Bonchev–Trinajstić information content (AvgIpc) is 3.45. The van der Waals surface area contributed by atoms with Crippen LogP contribution in [0.15, 0.2) is 48.5 Å². The number of aliphatic hydroxyl groups excluding tert-OH is 1. The highest BCUT2D eigenvalue weighted by molar-refractivity contribution is 6.34. The summed E-state index contributed by atoms with van der Waals surface area (Å²) in [6, 6.07) is 12.6. The molecule has 2 heterocycles. The van der Waals surface area contributed by atoms with Gasteiger partial charge in [0.25, 0.3) is 0 Å². The fourth-order valence-corrected chi connectivity index (χ4v) is 5.79. The van der Waals surface area contributed by atoms with Crippen molar-refractivity contribution in [1.82, 2.24) is 5.32 Å². The number of halogens is 3. The van der Waals surface area contributed by atoms with Crippen molar-refractivity contribution in [2.75, 3.05) is 13.2 Å². The Morgan fingerprint density at radius 3 is 2.59 bits per heavy atom. The first-order valence-electron chi connectivity index (χ1n) is 12.6. The summed E-state index contributed by atoms with van der Waals surface area (Å²) in [5, 5.41) is 23.3. The van der Waals surface area contributed by atoms with E-state index < -0.39 is 45.9 Å². The van der Waals surface area contributed by atoms with Crippen LogP contribution >= 0.6 is 11.6 Å². The average molecular weight is 559 g/mol. The van der Waals surface area contributed by atoms with E-state index in [4.69, 9.17) is 26.8 Å². The Hall–Kier alpha value is -3.24. The van der Waals surface area contributed by atoms with E-state index in [9.17, 15) is 15.0 Å². The number of nitrogens with two attached hydrogens (primary N) is 1. The smallest absolute Gasteiger partial charge is 0.249 e. The first-order valence-corrected chi connectivity index (χ1v) is 13.0. The summed E-state index contributed by atoms with van der Waals surface area (Å²) in [4.78, 5) is 12.4. The Kier molecular flexibility index (Phi) is 7.05. The Morgan fingerprint density at radius 2 is 1.97 bits per heavy atom. The Labute approximate surface area is 229 Å². The SMILES string of the molecule is CC(O)COc1ccc(C(N)=O)c(-c2c(Cl)c(F)cc3c2C[C@](c2ccccc2)(C2C[C@](C)(O)CN2)O3)c1F. The normalized spacial score (nSPS) is 24.7. The maximum Gasteiger partial charge on any atom is 0.249 e. The number of amides is 1. The van der Waals surface area contributed by atoms with Gasteiger partial charge in [0.15, 0.2) is 17.2 Å². The lowest BCUT2D eigenvalue weighted by atomic mass is 9.79. The number of aliphatic hydroxyl groups is 2. The van der Waals surface area contributed by atoms with Crippen molar-refractivity contribution in [1.29, 1.82) is 0 Å². The summed E-state index contributed by atoms with van der Waals surface area (Å²) >= 11 is 6.50. The van der Waals surface area contributed by atoms with Gasteiger partial charge < -0.3 is 30.7 Å². The topological polar surface area (TPSA) is 114 Å². The zero-order valence-corrected chi connectivity index (χ0v) is 22.2. The number of carbonyl (C=O) groups excluding carboxylic acids is 1. The molecule has 0 bridgehead atoms. The molecule has 0 radical (unpaired) electrons. The van der Waals surface area contributed by atoms with Crippen LogP contribution < -0.4 is 20.5 Å². The summed E-state index contributed by atoms with van der Waals surface area (Å²) in [6.45, 7) is 3.30. The molecule has 1 saturated heterocycles. The van der Waals surface area contributed by atoms with Crippen molar-refractivity contribution < 1.29 is 33.3 Å². The Balaban J connectivity index is 1.72. The lowest BCUT2D eigenvalue weighted by molar-refractivity contribution is 0.0319. The monoisotopic (exact) mass is 558 g/mol. The minimum Gasteiger partial charge on any atom is -0.488 e. The van der Waals surface area contributed by atoms with E-state index in [1.807, 2.05) is 30.3 Å². The zero-order chi connectivity index (χ0) is 28.1. The maximum atomic E-state index is 16.0. The number of hydrogen-bond acceptors (Lipinski definition) is 6. The molecule has 0 spiro atoms. The fourth-order valence-electron chi connectivity index (χ4n) is 5.52. The number of carbonyl (C=O) groups is 1. The fraction of sp³-hybridized carbons (Fsp3) is 0.345. The molecule has 4 atom stereocenters. The molecule has 1 amide bonds. The highest BCUT2D eigenvalue weighted by atomic mass is 35.5. The molecule has 0 saturated carbocycles. The van der Waals surface area contributed by atoms with Gasteiger partial charge in [-0.25, -0.2) is 8.78 Å². The van der Waals surface area contributed by atoms with E-state index in [-0.39, 0.29) is 41.2 Å². The molecule has 3 aromatic carbocycles. The van der Waals surface area contributed by atoms with Gasteiger partial charge in [-0.2, -0.15) is 0 Å². The first-order chi connectivity index (χ1) is 18.4. The van der Waals surface area contributed by atoms with E-state index in [1.54, 1.807) is 6.92 Å². The highest BCUT2D eigenvalue weighted by Gasteiger charge is 2.53. The van der Waals surface area contributed by atoms with Crippen molar-refractivity contribution in [2.45, 2.75) is 50.0 Å². The van der Waals surface area contributed by atoms with Gasteiger partial charge in [0.1, 0.15) is 18.2 Å². The quantitative estimate of drug-likeness (QED) is 0.347. The molecule has 206 valence electrons. The molecule has 7 nitrogen and oxygen atoms in total. The molecule has 1 fully saturated rings. The van der Waals surface area contributed by atoms with Crippen LogP contribution in [0, 0.1) is 11.6 Å². The molecule has 5 rings (SSSR count). The van der Waals surface area contributed by atoms with Gasteiger partial charge in [0.05, 0.1) is 28.3 Å². The number of benzene rings is 3. The third kappa shape index (κ3) is 4.84. The van der Waals surface area contributed by atoms with Gasteiger partial charge in [0, 0.05) is 35.7 Å². The van der Waals surface area contributed by atoms with E-state index >= 15 is 8.78 Å². The molecule has 2 unspecified atom stereocenters. The molecule has 2 aliphatic heterocycles. The van der Waals surface area contributed by atoms with Crippen LogP contribution in [0.3, 0.4) is 0 Å². The van der Waals surface area contributed by atoms with Crippen molar-refractivity contribution in [3.63, 3.8) is 0 Å². The first kappa shape index (κ1) is 27.3. The van der Waals surface area contributed by atoms with Crippen molar-refractivity contribution >= 4 is 17.5 Å². The largest absolute Gasteiger partial charge is 0.488 e. The number of hydrogen-bond donors (Lipinski definition) is 4. The summed E-state index contributed by atoms with van der Waals surface area (Å²) in [5.74, 6) is -2.91. The van der Waals surface area contributed by atoms with Crippen molar-refractivity contribution in [2.24, 2.45) is 5.73 Å². The molecule has 5 N–H and O–H groups in total. The third-order valence-corrected chi connectivity index (χ3v) is 7.69. The van der Waals surface area contributed by atoms with Crippen LogP contribution in [0.4, 0.5) is 8.78 Å². The molecule has 3 aromatic rings. The van der Waals surface area contributed by atoms with E-state index in [0.29, 0.717) is 18.5 Å². The van der Waals surface area contributed by atoms with Crippen LogP contribution in [0.5, 0.6) is 11.5 Å². The Bertz CT molecular complexity index is 1430. The summed E-state index contributed by atoms with van der Waals surface area (Å²) in [6.07, 6.45) is -0.418. The second kappa shape index (κ2) is 10.1. The van der Waals surface area contributed by atoms with E-state index in [1.165, 1.54) is 19.1 Å². The third-order valence-electron chi connectivity index (χ3n) is 7.32. The van der Waals surface area contributed by atoms with Crippen LogP contribution in [0.25, 0.3) is 11.1 Å². The molecule has 0 aliphatic carbocycles. The van der Waals surface area contributed by atoms with Crippen LogP contribution in [-0.2, 0) is 12.0 Å².